The molecule has 2 rings (SSSR count). The summed E-state index contributed by atoms with van der Waals surface area (Å²) in [6, 6.07) is 2.35. The van der Waals surface area contributed by atoms with Crippen LogP contribution in [-0.4, -0.2) is 18.6 Å². The van der Waals surface area contributed by atoms with E-state index >= 15 is 0 Å². The number of thiazole rings is 1. The third kappa shape index (κ3) is 3.31. The van der Waals surface area contributed by atoms with Gasteiger partial charge in [0, 0.05) is 17.5 Å². The summed E-state index contributed by atoms with van der Waals surface area (Å²) in [6.07, 6.45) is 4.06. The van der Waals surface area contributed by atoms with Gasteiger partial charge < -0.3 is 10.1 Å². The second kappa shape index (κ2) is 6.87. The normalized spacial score (nSPS) is 12.6. The molecule has 0 aliphatic rings. The fourth-order valence-corrected chi connectivity index (χ4v) is 3.43. The molecule has 0 saturated heterocycles. The molecule has 0 aliphatic heterocycles. The number of rotatable bonds is 7. The molecule has 0 radical (unpaired) electrons. The van der Waals surface area contributed by atoms with Gasteiger partial charge in [-0.1, -0.05) is 6.92 Å². The summed E-state index contributed by atoms with van der Waals surface area (Å²) in [4.78, 5) is 6.72. The van der Waals surface area contributed by atoms with Crippen LogP contribution in [0.15, 0.2) is 23.2 Å². The van der Waals surface area contributed by atoms with Gasteiger partial charge in [0.1, 0.15) is 5.75 Å². The monoisotopic (exact) mass is 282 g/mol. The van der Waals surface area contributed by atoms with E-state index in [1.807, 2.05) is 17.8 Å². The number of ether oxygens (including phenoxy) is 1. The van der Waals surface area contributed by atoms with E-state index in [4.69, 9.17) is 4.74 Å². The summed E-state index contributed by atoms with van der Waals surface area (Å²) in [5, 5.41) is 5.68. The molecule has 2 aromatic heterocycles. The number of nitrogens with one attached hydrogen (secondary N) is 1. The van der Waals surface area contributed by atoms with Crippen LogP contribution in [0.2, 0.25) is 0 Å². The van der Waals surface area contributed by atoms with Crippen molar-refractivity contribution in [2.75, 3.05) is 13.7 Å². The molecule has 18 heavy (non-hydrogen) atoms. The van der Waals surface area contributed by atoms with Gasteiger partial charge in [0.05, 0.1) is 23.5 Å². The fraction of sp³-hybridized carbons (Fsp3) is 0.462. The van der Waals surface area contributed by atoms with E-state index in [1.165, 1.54) is 9.75 Å². The Labute approximate surface area is 116 Å². The predicted molar refractivity (Wildman–Crippen MR) is 77.7 cm³/mol. The first-order valence-corrected chi connectivity index (χ1v) is 7.83. The van der Waals surface area contributed by atoms with Gasteiger partial charge >= 0.3 is 0 Å². The summed E-state index contributed by atoms with van der Waals surface area (Å²) >= 11 is 3.46. The molecule has 0 amide bonds. The van der Waals surface area contributed by atoms with E-state index in [9.17, 15) is 0 Å². The van der Waals surface area contributed by atoms with Gasteiger partial charge in [-0.2, -0.15) is 0 Å². The highest BCUT2D eigenvalue weighted by Gasteiger charge is 2.18. The Bertz CT molecular complexity index is 453. The highest BCUT2D eigenvalue weighted by Crippen LogP contribution is 2.33. The molecule has 1 unspecified atom stereocenters. The number of nitrogens with zero attached hydrogens (tertiary/aromatic N) is 1. The third-order valence-corrected chi connectivity index (χ3v) is 4.54. The first-order chi connectivity index (χ1) is 8.85. The van der Waals surface area contributed by atoms with Crippen molar-refractivity contribution < 1.29 is 4.74 Å². The number of thiophene rings is 1. The third-order valence-electron chi connectivity index (χ3n) is 2.72. The quantitative estimate of drug-likeness (QED) is 0.844. The standard InChI is InChI=1S/C13H18N2OS2/c1-3-5-15-11(7-10-8-14-9-18-10)13-12(16-2)4-6-17-13/h4,6,8-9,11,15H,3,5,7H2,1-2H3. The average molecular weight is 282 g/mol. The van der Waals surface area contributed by atoms with E-state index in [1.54, 1.807) is 29.8 Å². The number of aromatic nitrogens is 1. The van der Waals surface area contributed by atoms with Crippen LogP contribution >= 0.6 is 22.7 Å². The number of hydrogen-bond acceptors (Lipinski definition) is 5. The molecule has 5 heteroatoms. The first-order valence-electron chi connectivity index (χ1n) is 6.07. The predicted octanol–water partition coefficient (Wildman–Crippen LogP) is 3.50. The van der Waals surface area contributed by atoms with Crippen molar-refractivity contribution in [1.29, 1.82) is 0 Å². The molecular weight excluding hydrogens is 264 g/mol. The second-order valence-electron chi connectivity index (χ2n) is 4.03. The van der Waals surface area contributed by atoms with Crippen molar-refractivity contribution >= 4 is 22.7 Å². The zero-order chi connectivity index (χ0) is 12.8. The molecule has 0 fully saturated rings. The summed E-state index contributed by atoms with van der Waals surface area (Å²) in [7, 11) is 1.73. The number of methoxy groups -OCH3 is 1. The van der Waals surface area contributed by atoms with Crippen LogP contribution in [0.4, 0.5) is 0 Å². The lowest BCUT2D eigenvalue weighted by molar-refractivity contribution is 0.402. The Morgan fingerprint density at radius 1 is 1.44 bits per heavy atom. The van der Waals surface area contributed by atoms with Crippen molar-refractivity contribution in [3.8, 4) is 5.75 Å². The van der Waals surface area contributed by atoms with Crippen LogP contribution in [-0.2, 0) is 6.42 Å². The minimum absolute atomic E-state index is 0.320. The van der Waals surface area contributed by atoms with Crippen molar-refractivity contribution in [2.24, 2.45) is 0 Å². The molecule has 1 atom stereocenters. The van der Waals surface area contributed by atoms with Crippen LogP contribution in [0.25, 0.3) is 0 Å². The second-order valence-corrected chi connectivity index (χ2v) is 5.95. The maximum Gasteiger partial charge on any atom is 0.134 e. The van der Waals surface area contributed by atoms with E-state index in [-0.39, 0.29) is 0 Å². The maximum absolute atomic E-state index is 5.42. The van der Waals surface area contributed by atoms with E-state index in [0.29, 0.717) is 6.04 Å². The zero-order valence-electron chi connectivity index (χ0n) is 10.7. The highest BCUT2D eigenvalue weighted by molar-refractivity contribution is 7.10. The largest absolute Gasteiger partial charge is 0.496 e. The average Bonchev–Trinajstić information content (AvgIpc) is 3.04. The molecule has 0 spiro atoms. The smallest absolute Gasteiger partial charge is 0.134 e. The van der Waals surface area contributed by atoms with Crippen LogP contribution in [0.3, 0.4) is 0 Å². The summed E-state index contributed by atoms with van der Waals surface area (Å²) in [6.45, 7) is 3.20. The number of hydrogen-bond donors (Lipinski definition) is 1. The topological polar surface area (TPSA) is 34.2 Å². The SMILES string of the molecule is CCCNC(Cc1cncs1)c1sccc1OC. The van der Waals surface area contributed by atoms with Crippen molar-refractivity contribution in [1.82, 2.24) is 10.3 Å². The Morgan fingerprint density at radius 2 is 2.33 bits per heavy atom. The minimum Gasteiger partial charge on any atom is -0.496 e. The summed E-state index contributed by atoms with van der Waals surface area (Å²) in [5.41, 5.74) is 1.89. The Hall–Kier alpha value is -0.910. The highest BCUT2D eigenvalue weighted by atomic mass is 32.1. The Morgan fingerprint density at radius 3 is 3.00 bits per heavy atom. The molecular formula is C13H18N2OS2. The van der Waals surface area contributed by atoms with E-state index < -0.39 is 0 Å². The van der Waals surface area contributed by atoms with E-state index in [2.05, 4.69) is 22.6 Å². The molecule has 1 N–H and O–H groups in total. The lowest BCUT2D eigenvalue weighted by Crippen LogP contribution is -2.23. The van der Waals surface area contributed by atoms with Crippen LogP contribution < -0.4 is 10.1 Å². The van der Waals surface area contributed by atoms with Crippen LogP contribution in [0, 0.1) is 0 Å². The maximum atomic E-state index is 5.42. The summed E-state index contributed by atoms with van der Waals surface area (Å²) in [5.74, 6) is 0.984. The van der Waals surface area contributed by atoms with Gasteiger partial charge in [-0.05, 0) is 24.4 Å². The van der Waals surface area contributed by atoms with Crippen molar-refractivity contribution in [2.45, 2.75) is 25.8 Å². The van der Waals surface area contributed by atoms with Crippen LogP contribution in [0.1, 0.15) is 29.1 Å². The van der Waals surface area contributed by atoms with Gasteiger partial charge in [0.25, 0.3) is 0 Å². The summed E-state index contributed by atoms with van der Waals surface area (Å²) < 4.78 is 5.42. The molecule has 2 aromatic rings. The molecule has 0 aromatic carbocycles. The molecule has 3 nitrogen and oxygen atoms in total. The lowest BCUT2D eigenvalue weighted by atomic mass is 10.1. The first kappa shape index (κ1) is 13.5. The van der Waals surface area contributed by atoms with Gasteiger partial charge in [-0.3, -0.25) is 4.98 Å². The van der Waals surface area contributed by atoms with Crippen LogP contribution in [0.5, 0.6) is 5.75 Å². The lowest BCUT2D eigenvalue weighted by Gasteiger charge is -2.17. The minimum atomic E-state index is 0.320. The van der Waals surface area contributed by atoms with Gasteiger partial charge in [0.2, 0.25) is 0 Å². The van der Waals surface area contributed by atoms with Crippen molar-refractivity contribution in [3.63, 3.8) is 0 Å². The van der Waals surface area contributed by atoms with E-state index in [0.717, 1.165) is 25.1 Å². The molecule has 0 saturated carbocycles. The zero-order valence-corrected chi connectivity index (χ0v) is 12.3. The Balaban J connectivity index is 2.14. The van der Waals surface area contributed by atoms with Crippen molar-refractivity contribution in [3.05, 3.63) is 32.9 Å². The van der Waals surface area contributed by atoms with Gasteiger partial charge in [0.15, 0.2) is 0 Å². The van der Waals surface area contributed by atoms with Gasteiger partial charge in [-0.25, -0.2) is 0 Å². The fourth-order valence-electron chi connectivity index (χ4n) is 1.85. The van der Waals surface area contributed by atoms with Gasteiger partial charge in [-0.15, -0.1) is 22.7 Å². The molecule has 0 aliphatic carbocycles. The molecule has 98 valence electrons. The molecule has 2 heterocycles. The Kier molecular flexibility index (Phi) is 5.16. The molecule has 0 bridgehead atoms.